The van der Waals surface area contributed by atoms with E-state index in [1.807, 2.05) is 30.3 Å². The minimum atomic E-state index is -0.637. The van der Waals surface area contributed by atoms with Gasteiger partial charge in [-0.3, -0.25) is 0 Å². The van der Waals surface area contributed by atoms with E-state index >= 15 is 0 Å². The molecule has 0 atom stereocenters. The molecule has 0 aliphatic carbocycles. The first kappa shape index (κ1) is 24.1. The second kappa shape index (κ2) is 11.9. The maximum atomic E-state index is 14.5. The quantitative estimate of drug-likeness (QED) is 0.139. The van der Waals surface area contributed by atoms with Crippen molar-refractivity contribution < 1.29 is 23.5 Å². The van der Waals surface area contributed by atoms with Crippen molar-refractivity contribution in [2.24, 2.45) is 0 Å². The van der Waals surface area contributed by atoms with Crippen LogP contribution in [0.1, 0.15) is 40.9 Å². The van der Waals surface area contributed by atoms with Gasteiger partial charge in [0, 0.05) is 6.08 Å². The first-order valence-corrected chi connectivity index (χ1v) is 12.8. The summed E-state index contributed by atoms with van der Waals surface area (Å²) in [6.45, 7) is 0.573. The summed E-state index contributed by atoms with van der Waals surface area (Å²) in [4.78, 5) is 23.9. The second-order valence-electron chi connectivity index (χ2n) is 6.56. The zero-order valence-electron chi connectivity index (χ0n) is 16.4. The largest absolute Gasteiger partial charge is 0.463 e. The van der Waals surface area contributed by atoms with Crippen molar-refractivity contribution in [1.29, 1.82) is 0 Å². The van der Waals surface area contributed by atoms with Gasteiger partial charge < -0.3 is 9.47 Å². The third kappa shape index (κ3) is 6.71. The summed E-state index contributed by atoms with van der Waals surface area (Å²) in [5, 5.41) is 0.419. The highest BCUT2D eigenvalue weighted by Gasteiger charge is 2.24. The Labute approximate surface area is 204 Å². The molecule has 3 rings (SSSR count). The van der Waals surface area contributed by atoms with E-state index in [1.54, 1.807) is 6.08 Å². The summed E-state index contributed by atoms with van der Waals surface area (Å²) < 4.78 is 27.0. The van der Waals surface area contributed by atoms with Crippen molar-refractivity contribution in [3.8, 4) is 0 Å². The molecule has 9 heteroatoms. The van der Waals surface area contributed by atoms with Gasteiger partial charge >= 0.3 is 11.9 Å². The molecular formula is C22H19Br2FO4S2. The number of ether oxygens (including phenoxy) is 2. The highest BCUT2D eigenvalue weighted by atomic mass is 79.9. The van der Waals surface area contributed by atoms with Gasteiger partial charge in [-0.15, -0.1) is 22.7 Å². The van der Waals surface area contributed by atoms with Gasteiger partial charge in [0.15, 0.2) is 5.82 Å². The Kier molecular flexibility index (Phi) is 9.25. The average Bonchev–Trinajstić information content (AvgIpc) is 3.26. The molecule has 3 aromatic rings. The maximum Gasteiger partial charge on any atom is 0.351 e. The van der Waals surface area contributed by atoms with E-state index in [0.717, 1.165) is 39.9 Å². The number of hydrogen-bond donors (Lipinski definition) is 0. The number of benzene rings is 1. The normalized spacial score (nSPS) is 11.3. The molecule has 4 nitrogen and oxygen atoms in total. The van der Waals surface area contributed by atoms with Crippen LogP contribution in [0.5, 0.6) is 0 Å². The molecule has 0 saturated heterocycles. The molecule has 0 amide bonds. The van der Waals surface area contributed by atoms with E-state index in [9.17, 15) is 14.0 Å². The number of fused-ring (bicyclic) bond motifs is 1. The lowest BCUT2D eigenvalue weighted by Crippen LogP contribution is -2.06. The van der Waals surface area contributed by atoms with Gasteiger partial charge in [0.2, 0.25) is 0 Å². The van der Waals surface area contributed by atoms with Gasteiger partial charge in [0.1, 0.15) is 4.88 Å². The minimum absolute atomic E-state index is 0.00494. The molecule has 2 aromatic heterocycles. The Morgan fingerprint density at radius 1 is 0.935 bits per heavy atom. The van der Waals surface area contributed by atoms with Gasteiger partial charge in [-0.1, -0.05) is 30.3 Å². The van der Waals surface area contributed by atoms with E-state index in [-0.39, 0.29) is 17.5 Å². The predicted octanol–water partition coefficient (Wildman–Crippen LogP) is 7.60. The molecule has 1 aromatic carbocycles. The van der Waals surface area contributed by atoms with Crippen LogP contribution in [0.25, 0.3) is 16.2 Å². The molecule has 0 aliphatic heterocycles. The monoisotopic (exact) mass is 588 g/mol. The van der Waals surface area contributed by atoms with Crippen molar-refractivity contribution in [1.82, 2.24) is 0 Å². The van der Waals surface area contributed by atoms with Crippen molar-refractivity contribution in [3.63, 3.8) is 0 Å². The standard InChI is InChI=1S/C22H19Br2FO4S2/c23-20-16-17(25)19(30-18(16)21(24)31-20)22(27)29-13-7-2-1-6-12-28-15(26)11-10-14-8-4-3-5-9-14/h3-5,8-11H,1-2,6-7,12-13H2. The number of halogens is 3. The Bertz CT molecular complexity index is 1080. The molecule has 0 radical (unpaired) electrons. The number of unbranched alkanes of at least 4 members (excludes halogenated alkanes) is 3. The molecule has 0 fully saturated rings. The molecule has 0 bridgehead atoms. The van der Waals surface area contributed by atoms with Crippen molar-refractivity contribution >= 4 is 82.6 Å². The molecule has 0 N–H and O–H groups in total. The molecular weight excluding hydrogens is 571 g/mol. The third-order valence-corrected chi connectivity index (χ3v) is 8.40. The van der Waals surface area contributed by atoms with Crippen LogP contribution in [0.15, 0.2) is 44.0 Å². The number of hydrogen-bond acceptors (Lipinski definition) is 6. The lowest BCUT2D eigenvalue weighted by atomic mass is 10.2. The highest BCUT2D eigenvalue weighted by Crippen LogP contribution is 2.45. The van der Waals surface area contributed by atoms with Crippen LogP contribution in [0.3, 0.4) is 0 Å². The van der Waals surface area contributed by atoms with Crippen LogP contribution in [-0.2, 0) is 14.3 Å². The Hall–Kier alpha value is -1.55. The van der Waals surface area contributed by atoms with Crippen LogP contribution in [-0.4, -0.2) is 25.2 Å². The molecule has 0 unspecified atom stereocenters. The lowest BCUT2D eigenvalue weighted by molar-refractivity contribution is -0.137. The number of thiophene rings is 2. The lowest BCUT2D eigenvalue weighted by Gasteiger charge is -2.04. The van der Waals surface area contributed by atoms with Crippen LogP contribution >= 0.6 is 54.5 Å². The van der Waals surface area contributed by atoms with Crippen LogP contribution in [0, 0.1) is 5.82 Å². The van der Waals surface area contributed by atoms with E-state index in [4.69, 9.17) is 9.47 Å². The number of carbonyl (C=O) groups is 2. The zero-order valence-corrected chi connectivity index (χ0v) is 21.2. The fraction of sp³-hybridized carbons (Fsp3) is 0.273. The third-order valence-electron chi connectivity index (χ3n) is 4.32. The fourth-order valence-electron chi connectivity index (χ4n) is 2.77. The van der Waals surface area contributed by atoms with Gasteiger partial charge in [-0.2, -0.15) is 0 Å². The van der Waals surface area contributed by atoms with E-state index in [0.29, 0.717) is 26.9 Å². The Morgan fingerprint density at radius 2 is 1.61 bits per heavy atom. The molecule has 31 heavy (non-hydrogen) atoms. The number of rotatable bonds is 10. The van der Waals surface area contributed by atoms with Gasteiger partial charge in [0.25, 0.3) is 0 Å². The van der Waals surface area contributed by atoms with Gasteiger partial charge in [0.05, 0.1) is 30.9 Å². The van der Waals surface area contributed by atoms with Gasteiger partial charge in [-0.05, 0) is 69.2 Å². The number of esters is 2. The maximum absolute atomic E-state index is 14.5. The highest BCUT2D eigenvalue weighted by molar-refractivity contribution is 9.12. The molecule has 0 saturated carbocycles. The van der Waals surface area contributed by atoms with Crippen LogP contribution in [0.4, 0.5) is 4.39 Å². The number of carbonyl (C=O) groups excluding carboxylic acids is 2. The molecule has 2 heterocycles. The SMILES string of the molecule is O=C(C=Cc1ccccc1)OCCCCCCOC(=O)c1sc2c(Br)sc(Br)c2c1F. The van der Waals surface area contributed by atoms with E-state index < -0.39 is 11.8 Å². The minimum Gasteiger partial charge on any atom is -0.463 e. The summed E-state index contributed by atoms with van der Waals surface area (Å²) >= 11 is 9.17. The smallest absolute Gasteiger partial charge is 0.351 e. The Balaban J connectivity index is 1.29. The average molecular weight is 590 g/mol. The summed E-state index contributed by atoms with van der Waals surface area (Å²) in [5.41, 5.74) is 0.941. The molecule has 0 spiro atoms. The first-order chi connectivity index (χ1) is 15.0. The molecule has 164 valence electrons. The van der Waals surface area contributed by atoms with E-state index in [2.05, 4.69) is 31.9 Å². The van der Waals surface area contributed by atoms with E-state index in [1.165, 1.54) is 17.4 Å². The first-order valence-electron chi connectivity index (χ1n) is 9.60. The molecule has 0 aliphatic rings. The van der Waals surface area contributed by atoms with Crippen molar-refractivity contribution in [2.45, 2.75) is 25.7 Å². The summed E-state index contributed by atoms with van der Waals surface area (Å²) in [5.74, 6) is -1.54. The summed E-state index contributed by atoms with van der Waals surface area (Å²) in [6, 6.07) is 9.53. The predicted molar refractivity (Wildman–Crippen MR) is 130 cm³/mol. The Morgan fingerprint density at radius 3 is 2.29 bits per heavy atom. The topological polar surface area (TPSA) is 52.6 Å². The van der Waals surface area contributed by atoms with Gasteiger partial charge in [-0.25, -0.2) is 14.0 Å². The summed E-state index contributed by atoms with van der Waals surface area (Å²) in [6.07, 6.45) is 6.20. The van der Waals surface area contributed by atoms with Crippen LogP contribution in [0.2, 0.25) is 0 Å². The summed E-state index contributed by atoms with van der Waals surface area (Å²) in [7, 11) is 0. The second-order valence-corrected chi connectivity index (χ2v) is 11.2. The van der Waals surface area contributed by atoms with Crippen LogP contribution < -0.4 is 0 Å². The van der Waals surface area contributed by atoms with Crippen molar-refractivity contribution in [2.75, 3.05) is 13.2 Å². The van der Waals surface area contributed by atoms with Crippen molar-refractivity contribution in [3.05, 3.63) is 60.2 Å². The zero-order chi connectivity index (χ0) is 22.2. The fourth-order valence-corrected chi connectivity index (χ4v) is 7.21.